The molecule has 7 nitrogen and oxygen atoms in total. The van der Waals surface area contributed by atoms with Crippen LogP contribution in [0.2, 0.25) is 0 Å². The van der Waals surface area contributed by atoms with Crippen LogP contribution in [0.15, 0.2) is 20.9 Å². The number of furan rings is 1. The molecule has 3 rings (SSSR count). The van der Waals surface area contributed by atoms with Gasteiger partial charge in [0.1, 0.15) is 21.9 Å². The van der Waals surface area contributed by atoms with Crippen molar-refractivity contribution >= 4 is 26.5 Å². The summed E-state index contributed by atoms with van der Waals surface area (Å²) in [7, 11) is -3.68. The quantitative estimate of drug-likeness (QED) is 0.838. The van der Waals surface area contributed by atoms with Crippen LogP contribution in [0.25, 0.3) is 0 Å². The van der Waals surface area contributed by atoms with Gasteiger partial charge in [-0.1, -0.05) is 11.3 Å². The van der Waals surface area contributed by atoms with Crippen LogP contribution in [0.3, 0.4) is 0 Å². The summed E-state index contributed by atoms with van der Waals surface area (Å²) in [5.41, 5.74) is 1.46. The van der Waals surface area contributed by atoms with Crippen molar-refractivity contribution in [2.24, 2.45) is 0 Å². The Kier molecular flexibility index (Phi) is 3.48. The Morgan fingerprint density at radius 3 is 2.95 bits per heavy atom. The van der Waals surface area contributed by atoms with E-state index in [1.165, 1.54) is 18.4 Å². The summed E-state index contributed by atoms with van der Waals surface area (Å²) in [4.78, 5) is 0.139. The fourth-order valence-electron chi connectivity index (χ4n) is 1.80. The normalized spacial score (nSPS) is 15.4. The highest BCUT2D eigenvalue weighted by molar-refractivity contribution is 7.93. The third-order valence-corrected chi connectivity index (χ3v) is 5.12. The average Bonchev–Trinajstić information content (AvgIpc) is 2.93. The summed E-state index contributed by atoms with van der Waals surface area (Å²) >= 11 is 1.12. The number of aromatic nitrogens is 2. The first-order chi connectivity index (χ1) is 9.54. The maximum Gasteiger partial charge on any atom is 0.267 e. The molecular weight excluding hydrogens is 300 g/mol. The van der Waals surface area contributed by atoms with Gasteiger partial charge in [-0.15, -0.1) is 10.2 Å². The molecule has 20 heavy (non-hydrogen) atoms. The molecule has 1 aliphatic rings. The standard InChI is InChI=1S/C11H14N4O3S2/c1-7-10(4-9(18-7)5-12-8-2-3-8)20(16,17)15-11-14-13-6-19-11/h4,6,8,12H,2-3,5H2,1H3,(H,14,15). The van der Waals surface area contributed by atoms with Crippen molar-refractivity contribution < 1.29 is 12.8 Å². The maximum absolute atomic E-state index is 12.2. The maximum atomic E-state index is 12.2. The molecule has 9 heteroatoms. The first kappa shape index (κ1) is 13.5. The van der Waals surface area contributed by atoms with Gasteiger partial charge in [-0.3, -0.25) is 4.72 Å². The van der Waals surface area contributed by atoms with Crippen molar-refractivity contribution in [1.82, 2.24) is 15.5 Å². The lowest BCUT2D eigenvalue weighted by molar-refractivity contribution is 0.456. The van der Waals surface area contributed by atoms with Crippen LogP contribution in [-0.4, -0.2) is 24.7 Å². The summed E-state index contributed by atoms with van der Waals surface area (Å²) in [6.07, 6.45) is 2.34. The summed E-state index contributed by atoms with van der Waals surface area (Å²) in [5.74, 6) is 0.988. The molecular formula is C11H14N4O3S2. The van der Waals surface area contributed by atoms with E-state index in [1.807, 2.05) is 0 Å². The van der Waals surface area contributed by atoms with E-state index in [1.54, 1.807) is 13.0 Å². The molecule has 1 aliphatic carbocycles. The van der Waals surface area contributed by atoms with Gasteiger partial charge in [0.05, 0.1) is 6.54 Å². The molecule has 0 amide bonds. The van der Waals surface area contributed by atoms with Gasteiger partial charge in [0.25, 0.3) is 10.0 Å². The molecule has 0 bridgehead atoms. The molecule has 0 saturated heterocycles. The Balaban J connectivity index is 1.77. The van der Waals surface area contributed by atoms with Crippen LogP contribution in [0.1, 0.15) is 24.4 Å². The molecule has 2 aromatic heterocycles. The lowest BCUT2D eigenvalue weighted by Gasteiger charge is -2.01. The fraction of sp³-hybridized carbons (Fsp3) is 0.455. The second-order valence-electron chi connectivity index (χ2n) is 4.64. The van der Waals surface area contributed by atoms with Crippen LogP contribution in [0.5, 0.6) is 0 Å². The highest BCUT2D eigenvalue weighted by Crippen LogP contribution is 2.24. The van der Waals surface area contributed by atoms with Gasteiger partial charge in [0.2, 0.25) is 5.13 Å². The fourth-order valence-corrected chi connectivity index (χ4v) is 3.70. The SMILES string of the molecule is Cc1oc(CNC2CC2)cc1S(=O)(=O)Nc1nncs1. The number of aryl methyl sites for hydroxylation is 1. The van der Waals surface area contributed by atoms with Crippen molar-refractivity contribution in [2.45, 2.75) is 37.2 Å². The van der Waals surface area contributed by atoms with Crippen molar-refractivity contribution in [3.63, 3.8) is 0 Å². The molecule has 108 valence electrons. The smallest absolute Gasteiger partial charge is 0.267 e. The predicted molar refractivity (Wildman–Crippen MR) is 74.0 cm³/mol. The van der Waals surface area contributed by atoms with E-state index in [2.05, 4.69) is 20.2 Å². The highest BCUT2D eigenvalue weighted by Gasteiger charge is 2.24. The van der Waals surface area contributed by atoms with Crippen LogP contribution in [-0.2, 0) is 16.6 Å². The number of sulfonamides is 1. The van der Waals surface area contributed by atoms with Crippen LogP contribution >= 0.6 is 11.3 Å². The van der Waals surface area contributed by atoms with Gasteiger partial charge in [0, 0.05) is 12.1 Å². The molecule has 0 spiro atoms. The zero-order chi connectivity index (χ0) is 14.2. The van der Waals surface area contributed by atoms with Gasteiger partial charge in [-0.25, -0.2) is 8.42 Å². The summed E-state index contributed by atoms with van der Waals surface area (Å²) < 4.78 is 32.3. The van der Waals surface area contributed by atoms with Crippen molar-refractivity contribution in [3.05, 3.63) is 23.1 Å². The molecule has 1 fully saturated rings. The van der Waals surface area contributed by atoms with E-state index in [-0.39, 0.29) is 10.0 Å². The number of rotatable bonds is 6. The Labute approximate surface area is 120 Å². The minimum Gasteiger partial charge on any atom is -0.464 e. The Morgan fingerprint density at radius 2 is 2.30 bits per heavy atom. The number of hydrogen-bond donors (Lipinski definition) is 2. The molecule has 0 unspecified atom stereocenters. The largest absolute Gasteiger partial charge is 0.464 e. The number of nitrogens with zero attached hydrogens (tertiary/aromatic N) is 2. The lowest BCUT2D eigenvalue weighted by Crippen LogP contribution is -2.15. The molecule has 2 aromatic rings. The van der Waals surface area contributed by atoms with Gasteiger partial charge in [-0.2, -0.15) is 0 Å². The third-order valence-electron chi connectivity index (χ3n) is 2.94. The Morgan fingerprint density at radius 1 is 1.50 bits per heavy atom. The second kappa shape index (κ2) is 5.15. The van der Waals surface area contributed by atoms with Crippen molar-refractivity contribution in [1.29, 1.82) is 0 Å². The second-order valence-corrected chi connectivity index (χ2v) is 7.12. The van der Waals surface area contributed by atoms with Crippen LogP contribution < -0.4 is 10.0 Å². The number of anilines is 1. The van der Waals surface area contributed by atoms with E-state index < -0.39 is 10.0 Å². The highest BCUT2D eigenvalue weighted by atomic mass is 32.2. The molecule has 1 saturated carbocycles. The Bertz CT molecular complexity index is 689. The molecule has 0 atom stereocenters. The summed E-state index contributed by atoms with van der Waals surface area (Å²) in [5, 5.41) is 10.8. The van der Waals surface area contributed by atoms with E-state index in [0.29, 0.717) is 24.1 Å². The van der Waals surface area contributed by atoms with E-state index >= 15 is 0 Å². The predicted octanol–water partition coefficient (Wildman–Crippen LogP) is 1.49. The van der Waals surface area contributed by atoms with E-state index in [0.717, 1.165) is 11.3 Å². The van der Waals surface area contributed by atoms with E-state index in [9.17, 15) is 8.42 Å². The number of nitrogens with one attached hydrogen (secondary N) is 2. The molecule has 2 N–H and O–H groups in total. The average molecular weight is 314 g/mol. The zero-order valence-corrected chi connectivity index (χ0v) is 12.4. The Hall–Kier alpha value is -1.45. The van der Waals surface area contributed by atoms with Gasteiger partial charge >= 0.3 is 0 Å². The van der Waals surface area contributed by atoms with Crippen LogP contribution in [0, 0.1) is 6.92 Å². The summed E-state index contributed by atoms with van der Waals surface area (Å²) in [6, 6.07) is 2.09. The molecule has 0 aliphatic heterocycles. The number of hydrogen-bond acceptors (Lipinski definition) is 7. The van der Waals surface area contributed by atoms with Crippen molar-refractivity contribution in [2.75, 3.05) is 4.72 Å². The molecule has 2 heterocycles. The van der Waals surface area contributed by atoms with Gasteiger partial charge in [-0.05, 0) is 19.8 Å². The van der Waals surface area contributed by atoms with Crippen molar-refractivity contribution in [3.8, 4) is 0 Å². The van der Waals surface area contributed by atoms with E-state index in [4.69, 9.17) is 4.42 Å². The zero-order valence-electron chi connectivity index (χ0n) is 10.8. The van der Waals surface area contributed by atoms with Gasteiger partial charge < -0.3 is 9.73 Å². The monoisotopic (exact) mass is 314 g/mol. The minimum absolute atomic E-state index is 0.139. The third kappa shape index (κ3) is 3.00. The first-order valence-electron chi connectivity index (χ1n) is 6.16. The topological polar surface area (TPSA) is 97.1 Å². The first-order valence-corrected chi connectivity index (χ1v) is 8.52. The van der Waals surface area contributed by atoms with Gasteiger partial charge in [0.15, 0.2) is 0 Å². The molecule has 0 radical (unpaired) electrons. The summed E-state index contributed by atoms with van der Waals surface area (Å²) in [6.45, 7) is 2.18. The van der Waals surface area contributed by atoms with Crippen LogP contribution in [0.4, 0.5) is 5.13 Å². The lowest BCUT2D eigenvalue weighted by atomic mass is 10.4. The molecule has 0 aromatic carbocycles. The minimum atomic E-state index is -3.68.